The first-order valence-electron chi connectivity index (χ1n) is 20.4. The van der Waals surface area contributed by atoms with E-state index in [1.807, 2.05) is 36.4 Å². The number of nitrogens with zero attached hydrogens (tertiary/aromatic N) is 3. The molecule has 0 bridgehead atoms. The van der Waals surface area contributed by atoms with E-state index in [-0.39, 0.29) is 0 Å². The van der Waals surface area contributed by atoms with E-state index < -0.39 is 5.41 Å². The number of furan rings is 1. The van der Waals surface area contributed by atoms with E-state index in [4.69, 9.17) is 19.4 Å². The van der Waals surface area contributed by atoms with Crippen LogP contribution in [0.25, 0.3) is 100 Å². The van der Waals surface area contributed by atoms with Crippen molar-refractivity contribution in [2.45, 2.75) is 5.41 Å². The van der Waals surface area contributed by atoms with Crippen molar-refractivity contribution in [3.8, 4) is 67.5 Å². The molecule has 0 radical (unpaired) electrons. The summed E-state index contributed by atoms with van der Waals surface area (Å²) in [5.41, 5.74) is 17.7. The smallest absolute Gasteiger partial charge is 0.160 e. The summed E-state index contributed by atoms with van der Waals surface area (Å²) >= 11 is 0. The predicted molar refractivity (Wildman–Crippen MR) is 243 cm³/mol. The van der Waals surface area contributed by atoms with Crippen LogP contribution in [-0.4, -0.2) is 15.0 Å². The third-order valence-electron chi connectivity index (χ3n) is 12.7. The zero-order valence-corrected chi connectivity index (χ0v) is 32.3. The number of benzene rings is 8. The molecule has 0 amide bonds. The van der Waals surface area contributed by atoms with Gasteiger partial charge in [-0.05, 0) is 62.5 Å². The number of para-hydroxylation sites is 1. The topological polar surface area (TPSA) is 51.8 Å². The Balaban J connectivity index is 1.03. The molecule has 0 N–H and O–H groups in total. The number of rotatable bonds is 4. The van der Waals surface area contributed by atoms with Crippen molar-refractivity contribution in [1.29, 1.82) is 0 Å². The quantitative estimate of drug-likeness (QED) is 0.179. The fourth-order valence-corrected chi connectivity index (χ4v) is 10.2. The van der Waals surface area contributed by atoms with Gasteiger partial charge >= 0.3 is 0 Å². The summed E-state index contributed by atoms with van der Waals surface area (Å²) in [6, 6.07) is 71.1. The minimum atomic E-state index is -0.509. The maximum atomic E-state index is 6.23. The van der Waals surface area contributed by atoms with Gasteiger partial charge in [0.15, 0.2) is 5.82 Å². The molecule has 13 rings (SSSR count). The van der Waals surface area contributed by atoms with Crippen LogP contribution in [-0.2, 0) is 5.41 Å². The molecule has 0 fully saturated rings. The Labute approximate surface area is 346 Å². The highest BCUT2D eigenvalue weighted by molar-refractivity contribution is 6.12. The van der Waals surface area contributed by atoms with Crippen molar-refractivity contribution < 1.29 is 4.42 Å². The van der Waals surface area contributed by atoms with Gasteiger partial charge in [0.25, 0.3) is 0 Å². The summed E-state index contributed by atoms with van der Waals surface area (Å²) in [5.74, 6) is 0.656. The van der Waals surface area contributed by atoms with Gasteiger partial charge in [0.1, 0.15) is 11.2 Å². The minimum Gasteiger partial charge on any atom is -0.456 e. The molecule has 0 unspecified atom stereocenters. The fourth-order valence-electron chi connectivity index (χ4n) is 10.2. The number of hydrogen-bond donors (Lipinski definition) is 0. The molecule has 2 aliphatic carbocycles. The molecule has 278 valence electrons. The predicted octanol–water partition coefficient (Wildman–Crippen LogP) is 13.9. The number of pyridine rings is 1. The zero-order valence-electron chi connectivity index (χ0n) is 32.3. The third-order valence-corrected chi connectivity index (χ3v) is 12.7. The number of fused-ring (bicyclic) bond motifs is 15. The van der Waals surface area contributed by atoms with E-state index >= 15 is 0 Å². The summed E-state index contributed by atoms with van der Waals surface area (Å²) in [7, 11) is 0. The highest BCUT2D eigenvalue weighted by Crippen LogP contribution is 2.64. The Bertz CT molecular complexity index is 3500. The van der Waals surface area contributed by atoms with Crippen LogP contribution in [0.2, 0.25) is 0 Å². The van der Waals surface area contributed by atoms with Gasteiger partial charge in [-0.25, -0.2) is 15.0 Å². The summed E-state index contributed by atoms with van der Waals surface area (Å²) in [5, 5.41) is 4.47. The van der Waals surface area contributed by atoms with E-state index in [0.717, 1.165) is 77.9 Å². The standard InChI is InChI=1S/C56H33N3O/c1-2-15-36(16-3-1)55-57-47(35-31-29-34(30-32-35)37-23-14-28-50-51(37)43-22-9-13-27-49(43)60-50)33-48(58-55)53-41-20-5-4-19-40(41)52-54(59-53)42-21-8-12-26-46(42)56(52)44-24-10-6-17-38(44)39-18-7-11-25-45(39)56/h1-33H. The van der Waals surface area contributed by atoms with Gasteiger partial charge in [0.2, 0.25) is 0 Å². The van der Waals surface area contributed by atoms with Gasteiger partial charge in [-0.3, -0.25) is 0 Å². The average Bonchev–Trinajstić information content (AvgIpc) is 3.96. The van der Waals surface area contributed by atoms with Crippen LogP contribution in [0.15, 0.2) is 205 Å². The Morgan fingerprint density at radius 2 is 0.900 bits per heavy atom. The van der Waals surface area contributed by atoms with Crippen LogP contribution < -0.4 is 0 Å². The fraction of sp³-hybridized carbons (Fsp3) is 0.0179. The SMILES string of the molecule is c1ccc(-c2nc(-c3ccc(-c4cccc5oc6ccccc6c45)cc3)cc(-c3nc4c(c5ccccc35)C3(c5ccccc5-c5ccccc53)c3ccccc3-4)n2)cc1. The first-order valence-corrected chi connectivity index (χ1v) is 20.4. The molecule has 3 heterocycles. The third kappa shape index (κ3) is 4.53. The lowest BCUT2D eigenvalue weighted by Gasteiger charge is -2.31. The molecule has 2 aliphatic rings. The lowest BCUT2D eigenvalue weighted by molar-refractivity contribution is 0.669. The number of hydrogen-bond acceptors (Lipinski definition) is 4. The van der Waals surface area contributed by atoms with Gasteiger partial charge in [-0.1, -0.05) is 182 Å². The maximum Gasteiger partial charge on any atom is 0.160 e. The molecular weight excluding hydrogens is 731 g/mol. The normalized spacial score (nSPS) is 13.1. The molecule has 3 aromatic heterocycles. The van der Waals surface area contributed by atoms with Gasteiger partial charge in [0, 0.05) is 38.4 Å². The molecule has 11 aromatic rings. The Morgan fingerprint density at radius 1 is 0.350 bits per heavy atom. The van der Waals surface area contributed by atoms with E-state index in [0.29, 0.717) is 5.82 Å². The average molecular weight is 764 g/mol. The second-order valence-corrected chi connectivity index (χ2v) is 15.8. The molecule has 0 saturated carbocycles. The van der Waals surface area contributed by atoms with Crippen molar-refractivity contribution in [1.82, 2.24) is 15.0 Å². The Morgan fingerprint density at radius 3 is 1.65 bits per heavy atom. The largest absolute Gasteiger partial charge is 0.456 e. The van der Waals surface area contributed by atoms with Crippen molar-refractivity contribution >= 4 is 32.7 Å². The maximum absolute atomic E-state index is 6.23. The molecule has 0 atom stereocenters. The van der Waals surface area contributed by atoms with Crippen LogP contribution in [0, 0.1) is 0 Å². The summed E-state index contributed by atoms with van der Waals surface area (Å²) in [4.78, 5) is 16.3. The lowest BCUT2D eigenvalue weighted by Crippen LogP contribution is -2.26. The Kier molecular flexibility index (Phi) is 6.90. The first kappa shape index (κ1) is 33.1. The molecule has 4 nitrogen and oxygen atoms in total. The molecule has 0 saturated heterocycles. The monoisotopic (exact) mass is 763 g/mol. The molecule has 60 heavy (non-hydrogen) atoms. The van der Waals surface area contributed by atoms with Crippen molar-refractivity contribution in [3.05, 3.63) is 222 Å². The van der Waals surface area contributed by atoms with Crippen LogP contribution in [0.4, 0.5) is 0 Å². The van der Waals surface area contributed by atoms with Gasteiger partial charge in [-0.2, -0.15) is 0 Å². The molecule has 0 aliphatic heterocycles. The van der Waals surface area contributed by atoms with Crippen molar-refractivity contribution in [2.24, 2.45) is 0 Å². The zero-order chi connectivity index (χ0) is 39.4. The van der Waals surface area contributed by atoms with Crippen LogP contribution in [0.3, 0.4) is 0 Å². The molecule has 8 aromatic carbocycles. The van der Waals surface area contributed by atoms with Crippen molar-refractivity contribution in [3.63, 3.8) is 0 Å². The van der Waals surface area contributed by atoms with Gasteiger partial charge < -0.3 is 4.42 Å². The summed E-state index contributed by atoms with van der Waals surface area (Å²) < 4.78 is 6.23. The second-order valence-electron chi connectivity index (χ2n) is 15.8. The highest BCUT2D eigenvalue weighted by atomic mass is 16.3. The first-order chi connectivity index (χ1) is 29.8. The van der Waals surface area contributed by atoms with Crippen LogP contribution in [0.5, 0.6) is 0 Å². The minimum absolute atomic E-state index is 0.509. The summed E-state index contributed by atoms with van der Waals surface area (Å²) in [6.45, 7) is 0. The van der Waals surface area contributed by atoms with E-state index in [1.54, 1.807) is 0 Å². The second kappa shape index (κ2) is 12.5. The van der Waals surface area contributed by atoms with Gasteiger partial charge in [0.05, 0.1) is 28.2 Å². The van der Waals surface area contributed by atoms with Crippen LogP contribution in [0.1, 0.15) is 22.3 Å². The molecular formula is C56H33N3O. The van der Waals surface area contributed by atoms with Crippen LogP contribution >= 0.6 is 0 Å². The van der Waals surface area contributed by atoms with E-state index in [2.05, 4.69) is 164 Å². The van der Waals surface area contributed by atoms with E-state index in [1.165, 1.54) is 38.8 Å². The van der Waals surface area contributed by atoms with Gasteiger partial charge in [-0.15, -0.1) is 0 Å². The molecule has 1 spiro atoms. The summed E-state index contributed by atoms with van der Waals surface area (Å²) in [6.07, 6.45) is 0. The molecule has 4 heteroatoms. The highest BCUT2D eigenvalue weighted by Gasteiger charge is 2.53. The lowest BCUT2D eigenvalue weighted by atomic mass is 9.69. The van der Waals surface area contributed by atoms with E-state index in [9.17, 15) is 0 Å². The Hall–Kier alpha value is -7.95. The number of aromatic nitrogens is 3. The van der Waals surface area contributed by atoms with Crippen molar-refractivity contribution in [2.75, 3.05) is 0 Å².